The number of imidazole rings is 1. The van der Waals surface area contributed by atoms with Crippen LogP contribution < -0.4 is 5.73 Å². The van der Waals surface area contributed by atoms with Gasteiger partial charge >= 0.3 is 0 Å². The van der Waals surface area contributed by atoms with E-state index in [-0.39, 0.29) is 5.54 Å². The van der Waals surface area contributed by atoms with Crippen LogP contribution in [0.5, 0.6) is 0 Å². The van der Waals surface area contributed by atoms with Crippen LogP contribution in [0.3, 0.4) is 0 Å². The van der Waals surface area contributed by atoms with Crippen LogP contribution in [0.1, 0.15) is 31.5 Å². The molecule has 1 fully saturated rings. The third-order valence-corrected chi connectivity index (χ3v) is 3.74. The molecule has 0 saturated heterocycles. The average Bonchev–Trinajstić information content (AvgIpc) is 2.85. The molecular formula is C12H14ClN3. The molecule has 0 radical (unpaired) electrons. The van der Waals surface area contributed by atoms with E-state index in [1.807, 2.05) is 28.8 Å². The molecule has 0 bridgehead atoms. The van der Waals surface area contributed by atoms with Crippen molar-refractivity contribution in [3.05, 3.63) is 35.4 Å². The van der Waals surface area contributed by atoms with Crippen molar-refractivity contribution < 1.29 is 0 Å². The second kappa shape index (κ2) is 3.47. The van der Waals surface area contributed by atoms with Crippen LogP contribution in [0.2, 0.25) is 5.15 Å². The number of hydrogen-bond acceptors (Lipinski definition) is 2. The molecule has 2 aromatic rings. The number of nitrogens with two attached hydrogens (primary N) is 1. The Morgan fingerprint density at radius 2 is 2.06 bits per heavy atom. The predicted molar refractivity (Wildman–Crippen MR) is 64.5 cm³/mol. The van der Waals surface area contributed by atoms with Gasteiger partial charge in [0.1, 0.15) is 11.0 Å². The van der Waals surface area contributed by atoms with Crippen LogP contribution in [0.15, 0.2) is 24.4 Å². The maximum absolute atomic E-state index is 6.42. The van der Waals surface area contributed by atoms with Crippen molar-refractivity contribution in [1.82, 2.24) is 9.38 Å². The van der Waals surface area contributed by atoms with Gasteiger partial charge in [-0.25, -0.2) is 4.98 Å². The smallest absolute Gasteiger partial charge is 0.134 e. The molecule has 0 aromatic carbocycles. The fourth-order valence-electron chi connectivity index (χ4n) is 2.59. The topological polar surface area (TPSA) is 43.3 Å². The molecule has 1 aliphatic rings. The van der Waals surface area contributed by atoms with Crippen LogP contribution in [-0.4, -0.2) is 9.38 Å². The Bertz CT molecular complexity index is 526. The van der Waals surface area contributed by atoms with E-state index >= 15 is 0 Å². The minimum atomic E-state index is -0.294. The largest absolute Gasteiger partial charge is 0.319 e. The molecule has 3 nitrogen and oxygen atoms in total. The number of hydrogen-bond donors (Lipinski definition) is 1. The Morgan fingerprint density at radius 1 is 1.31 bits per heavy atom. The van der Waals surface area contributed by atoms with Crippen LogP contribution in [0.4, 0.5) is 0 Å². The predicted octanol–water partition coefficient (Wildman–Crippen LogP) is 2.72. The average molecular weight is 236 g/mol. The highest BCUT2D eigenvalue weighted by molar-refractivity contribution is 6.29. The Balaban J connectivity index is 2.24. The van der Waals surface area contributed by atoms with Gasteiger partial charge < -0.3 is 5.73 Å². The van der Waals surface area contributed by atoms with Gasteiger partial charge in [-0.15, -0.1) is 0 Å². The summed E-state index contributed by atoms with van der Waals surface area (Å²) < 4.78 is 1.97. The summed E-state index contributed by atoms with van der Waals surface area (Å²) in [6.07, 6.45) is 6.19. The van der Waals surface area contributed by atoms with Crippen molar-refractivity contribution in [2.45, 2.75) is 31.2 Å². The molecule has 1 saturated carbocycles. The van der Waals surface area contributed by atoms with Crippen LogP contribution in [0, 0.1) is 0 Å². The Kier molecular flexibility index (Phi) is 2.19. The summed E-state index contributed by atoms with van der Waals surface area (Å²) in [5.74, 6) is 0.908. The van der Waals surface area contributed by atoms with E-state index in [4.69, 9.17) is 17.3 Å². The second-order valence-electron chi connectivity index (χ2n) is 4.55. The molecule has 0 spiro atoms. The zero-order valence-corrected chi connectivity index (χ0v) is 9.74. The molecule has 1 aliphatic carbocycles. The van der Waals surface area contributed by atoms with Gasteiger partial charge in [0, 0.05) is 0 Å². The first-order valence-electron chi connectivity index (χ1n) is 5.62. The third kappa shape index (κ3) is 1.35. The monoisotopic (exact) mass is 235 g/mol. The highest BCUT2D eigenvalue weighted by atomic mass is 35.5. The summed E-state index contributed by atoms with van der Waals surface area (Å²) in [6, 6.07) is 5.81. The van der Waals surface area contributed by atoms with Crippen molar-refractivity contribution in [3.63, 3.8) is 0 Å². The van der Waals surface area contributed by atoms with Gasteiger partial charge in [-0.3, -0.25) is 4.40 Å². The second-order valence-corrected chi connectivity index (χ2v) is 4.94. The van der Waals surface area contributed by atoms with Gasteiger partial charge in [-0.2, -0.15) is 0 Å². The normalized spacial score (nSPS) is 19.4. The summed E-state index contributed by atoms with van der Waals surface area (Å²) in [7, 11) is 0. The minimum Gasteiger partial charge on any atom is -0.319 e. The lowest BCUT2D eigenvalue weighted by atomic mass is 9.98. The minimum absolute atomic E-state index is 0.294. The maximum atomic E-state index is 6.42. The van der Waals surface area contributed by atoms with Crippen molar-refractivity contribution >= 4 is 17.1 Å². The molecule has 3 rings (SSSR count). The van der Waals surface area contributed by atoms with Crippen molar-refractivity contribution in [1.29, 1.82) is 0 Å². The zero-order chi connectivity index (χ0) is 11.2. The van der Waals surface area contributed by atoms with Gasteiger partial charge in [0.25, 0.3) is 0 Å². The van der Waals surface area contributed by atoms with Gasteiger partial charge in [0.15, 0.2) is 0 Å². The SMILES string of the molecule is NC1(c2ncc3cccc(Cl)n23)CCCC1. The molecule has 2 heterocycles. The van der Waals surface area contributed by atoms with E-state index in [0.717, 1.165) is 24.2 Å². The van der Waals surface area contributed by atoms with E-state index in [2.05, 4.69) is 4.98 Å². The van der Waals surface area contributed by atoms with Crippen molar-refractivity contribution in [2.75, 3.05) is 0 Å². The van der Waals surface area contributed by atoms with E-state index in [1.165, 1.54) is 12.8 Å². The first-order valence-corrected chi connectivity index (χ1v) is 6.00. The zero-order valence-electron chi connectivity index (χ0n) is 8.99. The van der Waals surface area contributed by atoms with Gasteiger partial charge in [-0.05, 0) is 25.0 Å². The lowest BCUT2D eigenvalue weighted by molar-refractivity contribution is 0.430. The number of fused-ring (bicyclic) bond motifs is 1. The summed E-state index contributed by atoms with van der Waals surface area (Å²) >= 11 is 6.21. The Morgan fingerprint density at radius 3 is 2.81 bits per heavy atom. The van der Waals surface area contributed by atoms with E-state index in [9.17, 15) is 0 Å². The quantitative estimate of drug-likeness (QED) is 0.773. The van der Waals surface area contributed by atoms with Crippen LogP contribution >= 0.6 is 11.6 Å². The van der Waals surface area contributed by atoms with E-state index in [0.29, 0.717) is 5.15 Å². The molecule has 84 valence electrons. The number of halogens is 1. The highest BCUT2D eigenvalue weighted by Crippen LogP contribution is 2.36. The van der Waals surface area contributed by atoms with Crippen LogP contribution in [0.25, 0.3) is 5.52 Å². The Hall–Kier alpha value is -1.06. The molecule has 0 unspecified atom stereocenters. The molecule has 2 N–H and O–H groups in total. The lowest BCUT2D eigenvalue weighted by Gasteiger charge is -2.22. The molecule has 2 aromatic heterocycles. The summed E-state index contributed by atoms with van der Waals surface area (Å²) in [5.41, 5.74) is 7.14. The number of nitrogens with zero attached hydrogens (tertiary/aromatic N) is 2. The van der Waals surface area contributed by atoms with Gasteiger partial charge in [0.2, 0.25) is 0 Å². The summed E-state index contributed by atoms with van der Waals surface area (Å²) in [5, 5.41) is 0.682. The molecule has 0 amide bonds. The third-order valence-electron chi connectivity index (χ3n) is 3.44. The first kappa shape index (κ1) is 10.1. The molecule has 16 heavy (non-hydrogen) atoms. The number of aromatic nitrogens is 2. The molecule has 0 aliphatic heterocycles. The number of pyridine rings is 1. The fraction of sp³-hybridized carbons (Fsp3) is 0.417. The summed E-state index contributed by atoms with van der Waals surface area (Å²) in [4.78, 5) is 4.46. The molecule has 4 heteroatoms. The lowest BCUT2D eigenvalue weighted by Crippen LogP contribution is -2.35. The van der Waals surface area contributed by atoms with Crippen molar-refractivity contribution in [3.8, 4) is 0 Å². The first-order chi connectivity index (χ1) is 7.71. The van der Waals surface area contributed by atoms with Crippen molar-refractivity contribution in [2.24, 2.45) is 5.73 Å². The summed E-state index contributed by atoms with van der Waals surface area (Å²) in [6.45, 7) is 0. The Labute approximate surface area is 99.2 Å². The van der Waals surface area contributed by atoms with Gasteiger partial charge in [-0.1, -0.05) is 30.5 Å². The molecule has 0 atom stereocenters. The molecular weight excluding hydrogens is 222 g/mol. The highest BCUT2D eigenvalue weighted by Gasteiger charge is 2.35. The maximum Gasteiger partial charge on any atom is 0.134 e. The standard InChI is InChI=1S/C12H14ClN3/c13-10-5-3-4-9-8-15-11(16(9)10)12(14)6-1-2-7-12/h3-5,8H,1-2,6-7,14H2. The van der Waals surface area contributed by atoms with E-state index < -0.39 is 0 Å². The number of rotatable bonds is 1. The fourth-order valence-corrected chi connectivity index (χ4v) is 2.84. The van der Waals surface area contributed by atoms with Crippen LogP contribution in [-0.2, 0) is 5.54 Å². The van der Waals surface area contributed by atoms with E-state index in [1.54, 1.807) is 0 Å². The van der Waals surface area contributed by atoms with Gasteiger partial charge in [0.05, 0.1) is 17.3 Å².